The first-order chi connectivity index (χ1) is 7.74. The summed E-state index contributed by atoms with van der Waals surface area (Å²) in [6, 6.07) is 0. The zero-order chi connectivity index (χ0) is 11.1. The van der Waals surface area contributed by atoms with Crippen molar-refractivity contribution in [2.45, 2.75) is 25.2 Å². The van der Waals surface area contributed by atoms with Gasteiger partial charge in [-0.25, -0.2) is 4.98 Å². The van der Waals surface area contributed by atoms with Gasteiger partial charge in [-0.15, -0.1) is 11.3 Å². The number of likely N-dealkylation sites (tertiary alicyclic amines) is 1. The summed E-state index contributed by atoms with van der Waals surface area (Å²) in [6.45, 7) is 6.88. The number of aromatic nitrogens is 1. The van der Waals surface area contributed by atoms with E-state index < -0.39 is 0 Å². The number of nitrogens with one attached hydrogen (secondary N) is 1. The molecule has 2 aliphatic heterocycles. The minimum absolute atomic E-state index is 0.690. The molecular formula is C12H19N3S. The molecule has 3 nitrogen and oxygen atoms in total. The second-order valence-electron chi connectivity index (χ2n) is 5.10. The molecule has 4 heteroatoms. The third-order valence-corrected chi connectivity index (χ3v) is 5.22. The number of hydrogen-bond acceptors (Lipinski definition) is 4. The molecule has 88 valence electrons. The highest BCUT2D eigenvalue weighted by atomic mass is 32.1. The van der Waals surface area contributed by atoms with Gasteiger partial charge in [-0.3, -0.25) is 0 Å². The van der Waals surface area contributed by atoms with E-state index in [0.29, 0.717) is 5.92 Å². The first-order valence-corrected chi connectivity index (χ1v) is 6.92. The summed E-state index contributed by atoms with van der Waals surface area (Å²) >= 11 is 1.96. The largest absolute Gasteiger partial charge is 0.315 e. The van der Waals surface area contributed by atoms with Gasteiger partial charge >= 0.3 is 0 Å². The normalized spacial score (nSPS) is 27.2. The molecule has 1 aromatic heterocycles. The van der Waals surface area contributed by atoms with Crippen LogP contribution in [-0.4, -0.2) is 43.1 Å². The predicted octanol–water partition coefficient (Wildman–Crippen LogP) is 1.56. The molecule has 1 aromatic rings. The van der Waals surface area contributed by atoms with E-state index in [9.17, 15) is 0 Å². The summed E-state index contributed by atoms with van der Waals surface area (Å²) in [4.78, 5) is 8.73. The van der Waals surface area contributed by atoms with Crippen molar-refractivity contribution < 1.29 is 0 Å². The third-order valence-electron chi connectivity index (χ3n) is 3.74. The summed E-state index contributed by atoms with van der Waals surface area (Å²) < 4.78 is 0. The van der Waals surface area contributed by atoms with Crippen molar-refractivity contribution in [3.63, 3.8) is 0 Å². The zero-order valence-electron chi connectivity index (χ0n) is 9.99. The summed E-state index contributed by atoms with van der Waals surface area (Å²) in [5.74, 6) is 1.43. The minimum Gasteiger partial charge on any atom is -0.315 e. The number of rotatable bonds is 2. The first kappa shape index (κ1) is 10.7. The number of likely N-dealkylation sites (N-methyl/N-ethyl adjacent to an activating group) is 1. The summed E-state index contributed by atoms with van der Waals surface area (Å²) in [5, 5.41) is 4.72. The maximum atomic E-state index is 4.79. The van der Waals surface area contributed by atoms with Gasteiger partial charge in [-0.1, -0.05) is 0 Å². The van der Waals surface area contributed by atoms with E-state index in [1.165, 1.54) is 35.1 Å². The molecular weight excluding hydrogens is 218 g/mol. The lowest BCUT2D eigenvalue weighted by Crippen LogP contribution is -2.39. The summed E-state index contributed by atoms with van der Waals surface area (Å²) in [6.07, 6.45) is 1.28. The van der Waals surface area contributed by atoms with Gasteiger partial charge in [0.15, 0.2) is 0 Å². The van der Waals surface area contributed by atoms with Crippen LogP contribution in [0.25, 0.3) is 0 Å². The van der Waals surface area contributed by atoms with Crippen molar-refractivity contribution >= 4 is 11.3 Å². The first-order valence-electron chi connectivity index (χ1n) is 6.10. The Morgan fingerprint density at radius 3 is 2.75 bits per heavy atom. The molecule has 0 bridgehead atoms. The van der Waals surface area contributed by atoms with Gasteiger partial charge < -0.3 is 10.2 Å². The molecule has 0 spiro atoms. The zero-order valence-corrected chi connectivity index (χ0v) is 10.8. The molecule has 0 aromatic carbocycles. The number of thiazole rings is 1. The van der Waals surface area contributed by atoms with Crippen LogP contribution in [0.2, 0.25) is 0 Å². The number of nitrogens with zero attached hydrogens (tertiary/aromatic N) is 2. The maximum Gasteiger partial charge on any atom is 0.0975 e. The van der Waals surface area contributed by atoms with E-state index in [1.807, 2.05) is 11.3 Å². The van der Waals surface area contributed by atoms with Gasteiger partial charge in [0.05, 0.1) is 10.7 Å². The quantitative estimate of drug-likeness (QED) is 0.846. The fourth-order valence-electron chi connectivity index (χ4n) is 2.59. The average Bonchev–Trinajstić information content (AvgIpc) is 2.72. The van der Waals surface area contributed by atoms with Crippen molar-refractivity contribution in [1.82, 2.24) is 15.2 Å². The van der Waals surface area contributed by atoms with Crippen LogP contribution in [-0.2, 0) is 0 Å². The molecule has 0 aliphatic carbocycles. The van der Waals surface area contributed by atoms with Crippen LogP contribution in [0.15, 0.2) is 0 Å². The van der Waals surface area contributed by atoms with Gasteiger partial charge in [-0.05, 0) is 26.9 Å². The molecule has 2 saturated heterocycles. The van der Waals surface area contributed by atoms with Crippen molar-refractivity contribution in [3.05, 3.63) is 15.6 Å². The van der Waals surface area contributed by atoms with Crippen LogP contribution < -0.4 is 5.32 Å². The number of hydrogen-bond donors (Lipinski definition) is 1. The van der Waals surface area contributed by atoms with Crippen molar-refractivity contribution in [1.29, 1.82) is 0 Å². The fraction of sp³-hybridized carbons (Fsp3) is 0.750. The topological polar surface area (TPSA) is 28.2 Å². The summed E-state index contributed by atoms with van der Waals surface area (Å²) in [5.41, 5.74) is 1.28. The minimum atomic E-state index is 0.690. The second-order valence-corrected chi connectivity index (χ2v) is 6.17. The Morgan fingerprint density at radius 1 is 1.38 bits per heavy atom. The molecule has 1 atom stereocenters. The van der Waals surface area contributed by atoms with Crippen LogP contribution >= 0.6 is 11.3 Å². The molecule has 0 saturated carbocycles. The predicted molar refractivity (Wildman–Crippen MR) is 67.3 cm³/mol. The van der Waals surface area contributed by atoms with Gasteiger partial charge in [0.25, 0.3) is 0 Å². The highest BCUT2D eigenvalue weighted by Crippen LogP contribution is 2.35. The second kappa shape index (κ2) is 4.09. The smallest absolute Gasteiger partial charge is 0.0975 e. The van der Waals surface area contributed by atoms with Gasteiger partial charge in [0.2, 0.25) is 0 Å². The monoisotopic (exact) mass is 237 g/mol. The SMILES string of the molecule is Cc1nc(C2CCN(C)C2)sc1C1CNC1. The molecule has 2 fully saturated rings. The van der Waals surface area contributed by atoms with Crippen LogP contribution in [0, 0.1) is 6.92 Å². The van der Waals surface area contributed by atoms with E-state index in [-0.39, 0.29) is 0 Å². The van der Waals surface area contributed by atoms with Crippen molar-refractivity contribution in [2.24, 2.45) is 0 Å². The number of aryl methyl sites for hydroxylation is 1. The highest BCUT2D eigenvalue weighted by molar-refractivity contribution is 7.12. The Kier molecular flexibility index (Phi) is 2.73. The van der Waals surface area contributed by atoms with Gasteiger partial charge in [0, 0.05) is 36.3 Å². The van der Waals surface area contributed by atoms with Gasteiger partial charge in [-0.2, -0.15) is 0 Å². The molecule has 1 N–H and O–H groups in total. The lowest BCUT2D eigenvalue weighted by Gasteiger charge is -2.26. The fourth-order valence-corrected chi connectivity index (χ4v) is 3.89. The third kappa shape index (κ3) is 1.79. The highest BCUT2D eigenvalue weighted by Gasteiger charge is 2.28. The summed E-state index contributed by atoms with van der Waals surface area (Å²) in [7, 11) is 2.21. The molecule has 2 aliphatic rings. The standard InChI is InChI=1S/C12H19N3S/c1-8-11(10-5-13-6-10)16-12(14-8)9-3-4-15(2)7-9/h9-10,13H,3-7H2,1-2H3. The van der Waals surface area contributed by atoms with Crippen molar-refractivity contribution in [2.75, 3.05) is 33.2 Å². The van der Waals surface area contributed by atoms with E-state index in [0.717, 1.165) is 19.0 Å². The molecule has 1 unspecified atom stereocenters. The van der Waals surface area contributed by atoms with Crippen molar-refractivity contribution in [3.8, 4) is 0 Å². The van der Waals surface area contributed by atoms with E-state index in [4.69, 9.17) is 4.98 Å². The lowest BCUT2D eigenvalue weighted by molar-refractivity contribution is 0.411. The molecule has 0 radical (unpaired) electrons. The Balaban J connectivity index is 1.80. The van der Waals surface area contributed by atoms with E-state index in [1.54, 1.807) is 0 Å². The molecule has 16 heavy (non-hydrogen) atoms. The molecule has 3 rings (SSSR count). The Morgan fingerprint density at radius 2 is 2.19 bits per heavy atom. The Hall–Kier alpha value is -0.450. The molecule has 0 amide bonds. The van der Waals surface area contributed by atoms with Crippen LogP contribution in [0.1, 0.15) is 33.8 Å². The average molecular weight is 237 g/mol. The lowest BCUT2D eigenvalue weighted by atomic mass is 10.0. The van der Waals surface area contributed by atoms with E-state index >= 15 is 0 Å². The Labute approximate surface area is 101 Å². The molecule has 3 heterocycles. The van der Waals surface area contributed by atoms with Crippen LogP contribution in [0.5, 0.6) is 0 Å². The van der Waals surface area contributed by atoms with Crippen LogP contribution in [0.3, 0.4) is 0 Å². The van der Waals surface area contributed by atoms with Crippen LogP contribution in [0.4, 0.5) is 0 Å². The van der Waals surface area contributed by atoms with E-state index in [2.05, 4.69) is 24.2 Å². The maximum absolute atomic E-state index is 4.79. The Bertz CT molecular complexity index is 384. The van der Waals surface area contributed by atoms with Gasteiger partial charge in [0.1, 0.15) is 0 Å².